The molecular formula is C29H22BrN5O2S. The molecule has 0 fully saturated rings. The van der Waals surface area contributed by atoms with Crippen LogP contribution in [0.3, 0.4) is 0 Å². The van der Waals surface area contributed by atoms with E-state index in [4.69, 9.17) is 4.74 Å². The molecule has 188 valence electrons. The fourth-order valence-corrected chi connectivity index (χ4v) is 4.59. The molecule has 5 rings (SSSR count). The minimum absolute atomic E-state index is 0.123. The Morgan fingerprint density at radius 1 is 0.895 bits per heavy atom. The third-order valence-electron chi connectivity index (χ3n) is 5.32. The van der Waals surface area contributed by atoms with Gasteiger partial charge in [0.15, 0.2) is 11.0 Å². The standard InChI is InChI=1S/C29H22BrN5O2S/c30-23-14-16-24(17-15-23)35-28(22-9-3-1-4-10-22)33-34-29(35)38-20-27(36)32-31-19-21-8-7-13-26(18-21)37-25-11-5-2-6-12-25/h1-19H,20H2,(H,32,36). The molecule has 0 unspecified atom stereocenters. The average molecular weight is 584 g/mol. The van der Waals surface area contributed by atoms with Gasteiger partial charge in [-0.05, 0) is 54.1 Å². The van der Waals surface area contributed by atoms with E-state index in [0.717, 1.165) is 27.0 Å². The van der Waals surface area contributed by atoms with E-state index < -0.39 is 0 Å². The molecule has 9 heteroatoms. The zero-order chi connectivity index (χ0) is 26.2. The Hall–Kier alpha value is -4.21. The first kappa shape index (κ1) is 25.4. The van der Waals surface area contributed by atoms with Crippen LogP contribution in [0.5, 0.6) is 11.5 Å². The first-order valence-corrected chi connectivity index (χ1v) is 13.5. The van der Waals surface area contributed by atoms with Gasteiger partial charge in [-0.15, -0.1) is 10.2 Å². The minimum Gasteiger partial charge on any atom is -0.457 e. The number of amides is 1. The van der Waals surface area contributed by atoms with Gasteiger partial charge in [-0.2, -0.15) is 5.10 Å². The summed E-state index contributed by atoms with van der Waals surface area (Å²) in [5.41, 5.74) is 5.21. The Morgan fingerprint density at radius 3 is 2.37 bits per heavy atom. The minimum atomic E-state index is -0.255. The van der Waals surface area contributed by atoms with Crippen molar-refractivity contribution < 1.29 is 9.53 Å². The number of para-hydroxylation sites is 1. The lowest BCUT2D eigenvalue weighted by Gasteiger charge is -2.10. The first-order chi connectivity index (χ1) is 18.7. The smallest absolute Gasteiger partial charge is 0.250 e. The highest BCUT2D eigenvalue weighted by atomic mass is 79.9. The van der Waals surface area contributed by atoms with E-state index in [-0.39, 0.29) is 11.7 Å². The molecule has 1 heterocycles. The maximum absolute atomic E-state index is 12.5. The summed E-state index contributed by atoms with van der Waals surface area (Å²) in [6, 6.07) is 34.7. The second kappa shape index (κ2) is 12.4. The predicted octanol–water partition coefficient (Wildman–Crippen LogP) is 6.73. The van der Waals surface area contributed by atoms with Gasteiger partial charge in [0.1, 0.15) is 11.5 Å². The summed E-state index contributed by atoms with van der Waals surface area (Å²) in [5, 5.41) is 13.5. The Bertz CT molecular complexity index is 1540. The maximum atomic E-state index is 12.5. The second-order valence-corrected chi connectivity index (χ2v) is 9.91. The van der Waals surface area contributed by atoms with Gasteiger partial charge in [-0.1, -0.05) is 88.4 Å². The summed E-state index contributed by atoms with van der Waals surface area (Å²) >= 11 is 4.77. The number of aromatic nitrogens is 3. The number of nitrogens with one attached hydrogen (secondary N) is 1. The fraction of sp³-hybridized carbons (Fsp3) is 0.0345. The maximum Gasteiger partial charge on any atom is 0.250 e. The molecule has 0 atom stereocenters. The van der Waals surface area contributed by atoms with Crippen LogP contribution in [-0.4, -0.2) is 32.6 Å². The summed E-state index contributed by atoms with van der Waals surface area (Å²) < 4.78 is 8.77. The van der Waals surface area contributed by atoms with Crippen molar-refractivity contribution in [3.05, 3.63) is 119 Å². The molecule has 0 bridgehead atoms. The Morgan fingerprint density at radius 2 is 1.61 bits per heavy atom. The number of nitrogens with zero attached hydrogens (tertiary/aromatic N) is 4. The lowest BCUT2D eigenvalue weighted by Crippen LogP contribution is -2.20. The van der Waals surface area contributed by atoms with E-state index in [1.807, 2.05) is 114 Å². The second-order valence-electron chi connectivity index (χ2n) is 8.05. The number of hydrogen-bond donors (Lipinski definition) is 1. The van der Waals surface area contributed by atoms with Crippen molar-refractivity contribution in [2.75, 3.05) is 5.75 Å². The summed E-state index contributed by atoms with van der Waals surface area (Å²) in [4.78, 5) is 12.5. The number of benzene rings is 4. The molecule has 7 nitrogen and oxygen atoms in total. The third-order valence-corrected chi connectivity index (χ3v) is 6.78. The van der Waals surface area contributed by atoms with Crippen LogP contribution in [0, 0.1) is 0 Å². The van der Waals surface area contributed by atoms with Crippen molar-refractivity contribution in [2.24, 2.45) is 5.10 Å². The molecule has 0 radical (unpaired) electrons. The van der Waals surface area contributed by atoms with Crippen molar-refractivity contribution in [1.29, 1.82) is 0 Å². The van der Waals surface area contributed by atoms with E-state index in [1.165, 1.54) is 11.8 Å². The zero-order valence-electron chi connectivity index (χ0n) is 20.1. The molecule has 1 aromatic heterocycles. The Balaban J connectivity index is 1.24. The van der Waals surface area contributed by atoms with Crippen molar-refractivity contribution in [3.8, 4) is 28.6 Å². The molecule has 38 heavy (non-hydrogen) atoms. The van der Waals surface area contributed by atoms with Crippen LogP contribution in [0.25, 0.3) is 17.1 Å². The number of hydrogen-bond acceptors (Lipinski definition) is 6. The molecule has 0 aliphatic carbocycles. The van der Waals surface area contributed by atoms with Gasteiger partial charge in [-0.25, -0.2) is 5.43 Å². The van der Waals surface area contributed by atoms with Crippen LogP contribution >= 0.6 is 27.7 Å². The molecule has 0 saturated heterocycles. The number of carbonyl (C=O) groups excluding carboxylic acids is 1. The third kappa shape index (κ3) is 6.56. The molecule has 1 amide bonds. The largest absolute Gasteiger partial charge is 0.457 e. The molecule has 0 aliphatic heterocycles. The molecule has 0 spiro atoms. The topological polar surface area (TPSA) is 81.4 Å². The predicted molar refractivity (Wildman–Crippen MR) is 154 cm³/mol. The van der Waals surface area contributed by atoms with E-state index >= 15 is 0 Å². The van der Waals surface area contributed by atoms with Crippen LogP contribution in [0.2, 0.25) is 0 Å². The normalized spacial score (nSPS) is 11.0. The van der Waals surface area contributed by atoms with Crippen LogP contribution in [0.1, 0.15) is 5.56 Å². The number of carbonyl (C=O) groups is 1. The van der Waals surface area contributed by atoms with Crippen molar-refractivity contribution >= 4 is 39.8 Å². The molecule has 0 saturated carbocycles. The van der Waals surface area contributed by atoms with Gasteiger partial charge in [0.25, 0.3) is 5.91 Å². The van der Waals surface area contributed by atoms with Crippen LogP contribution in [0.4, 0.5) is 0 Å². The summed E-state index contributed by atoms with van der Waals surface area (Å²) in [6.45, 7) is 0. The lowest BCUT2D eigenvalue weighted by molar-refractivity contribution is -0.118. The van der Waals surface area contributed by atoms with Gasteiger partial charge >= 0.3 is 0 Å². The number of halogens is 1. The highest BCUT2D eigenvalue weighted by Gasteiger charge is 2.17. The summed E-state index contributed by atoms with van der Waals surface area (Å²) in [6.07, 6.45) is 1.58. The Labute approximate surface area is 232 Å². The van der Waals surface area contributed by atoms with Gasteiger partial charge in [-0.3, -0.25) is 9.36 Å². The molecule has 5 aromatic rings. The summed E-state index contributed by atoms with van der Waals surface area (Å²) in [7, 11) is 0. The Kier molecular flexibility index (Phi) is 8.27. The van der Waals surface area contributed by atoms with E-state index in [9.17, 15) is 4.79 Å². The molecule has 1 N–H and O–H groups in total. The molecule has 0 aliphatic rings. The van der Waals surface area contributed by atoms with Gasteiger partial charge < -0.3 is 4.74 Å². The van der Waals surface area contributed by atoms with E-state index in [1.54, 1.807) is 6.21 Å². The highest BCUT2D eigenvalue weighted by Crippen LogP contribution is 2.28. The van der Waals surface area contributed by atoms with Gasteiger partial charge in [0.2, 0.25) is 0 Å². The van der Waals surface area contributed by atoms with Gasteiger partial charge in [0.05, 0.1) is 12.0 Å². The number of ether oxygens (including phenoxy) is 1. The molecular weight excluding hydrogens is 562 g/mol. The zero-order valence-corrected chi connectivity index (χ0v) is 22.5. The van der Waals surface area contributed by atoms with Crippen molar-refractivity contribution in [2.45, 2.75) is 5.16 Å². The van der Waals surface area contributed by atoms with E-state index in [0.29, 0.717) is 16.7 Å². The molecule has 4 aromatic carbocycles. The van der Waals surface area contributed by atoms with Crippen molar-refractivity contribution in [3.63, 3.8) is 0 Å². The number of thioether (sulfide) groups is 1. The van der Waals surface area contributed by atoms with Crippen LogP contribution in [-0.2, 0) is 4.79 Å². The first-order valence-electron chi connectivity index (χ1n) is 11.7. The highest BCUT2D eigenvalue weighted by molar-refractivity contribution is 9.10. The van der Waals surface area contributed by atoms with Gasteiger partial charge in [0, 0.05) is 15.7 Å². The SMILES string of the molecule is O=C(CSc1nnc(-c2ccccc2)n1-c1ccc(Br)cc1)NN=Cc1cccc(Oc2ccccc2)c1. The number of rotatable bonds is 9. The quantitative estimate of drug-likeness (QED) is 0.118. The summed E-state index contributed by atoms with van der Waals surface area (Å²) in [5.74, 6) is 2.00. The lowest BCUT2D eigenvalue weighted by atomic mass is 10.2. The van der Waals surface area contributed by atoms with Crippen LogP contribution in [0.15, 0.2) is 124 Å². The number of hydrazone groups is 1. The van der Waals surface area contributed by atoms with Crippen LogP contribution < -0.4 is 10.2 Å². The average Bonchev–Trinajstić information content (AvgIpc) is 3.38. The van der Waals surface area contributed by atoms with Crippen molar-refractivity contribution in [1.82, 2.24) is 20.2 Å². The fourth-order valence-electron chi connectivity index (χ4n) is 3.58. The van der Waals surface area contributed by atoms with E-state index in [2.05, 4.69) is 36.7 Å². The monoisotopic (exact) mass is 583 g/mol.